The van der Waals surface area contributed by atoms with Gasteiger partial charge in [0.05, 0.1) is 29.0 Å². The van der Waals surface area contributed by atoms with E-state index in [0.29, 0.717) is 5.69 Å². The lowest BCUT2D eigenvalue weighted by Crippen LogP contribution is -2.29. The number of aromatic nitrogens is 1. The Labute approximate surface area is 192 Å². The van der Waals surface area contributed by atoms with Crippen molar-refractivity contribution >= 4 is 46.3 Å². The highest BCUT2D eigenvalue weighted by Crippen LogP contribution is 2.44. The van der Waals surface area contributed by atoms with Gasteiger partial charge in [-0.3, -0.25) is 19.5 Å². The summed E-state index contributed by atoms with van der Waals surface area (Å²) >= 11 is 12.3. The maximum absolute atomic E-state index is 13.5. The molecule has 0 bridgehead atoms. The van der Waals surface area contributed by atoms with Crippen molar-refractivity contribution in [2.75, 3.05) is 12.0 Å². The van der Waals surface area contributed by atoms with Crippen molar-refractivity contribution in [2.45, 2.75) is 6.04 Å². The van der Waals surface area contributed by atoms with Crippen LogP contribution in [0.1, 0.15) is 17.3 Å². The van der Waals surface area contributed by atoms with Crippen molar-refractivity contribution in [2.24, 2.45) is 0 Å². The molecule has 6 nitrogen and oxygen atoms in total. The number of rotatable bonds is 4. The zero-order valence-electron chi connectivity index (χ0n) is 16.6. The van der Waals surface area contributed by atoms with Crippen molar-refractivity contribution in [3.8, 4) is 5.75 Å². The van der Waals surface area contributed by atoms with Gasteiger partial charge in [-0.2, -0.15) is 0 Å². The van der Waals surface area contributed by atoms with E-state index >= 15 is 0 Å². The number of benzene rings is 2. The number of methoxy groups -OCH3 is 1. The molecular weight excluding hydrogens is 458 g/mol. The van der Waals surface area contributed by atoms with E-state index in [1.807, 2.05) is 0 Å². The van der Waals surface area contributed by atoms with Gasteiger partial charge in [0.1, 0.15) is 23.4 Å². The third-order valence-corrected chi connectivity index (χ3v) is 5.48. The van der Waals surface area contributed by atoms with Crippen LogP contribution in [0.15, 0.2) is 66.4 Å². The molecule has 1 unspecified atom stereocenters. The Hall–Kier alpha value is -3.42. The van der Waals surface area contributed by atoms with Crippen molar-refractivity contribution in [3.63, 3.8) is 0 Å². The zero-order chi connectivity index (χ0) is 23.0. The van der Waals surface area contributed by atoms with Crippen molar-refractivity contribution in [1.29, 1.82) is 0 Å². The molecule has 0 saturated carbocycles. The average molecular weight is 473 g/mol. The number of pyridine rings is 1. The van der Waals surface area contributed by atoms with E-state index in [1.165, 1.54) is 49.7 Å². The van der Waals surface area contributed by atoms with Gasteiger partial charge in [-0.15, -0.1) is 0 Å². The number of aliphatic hydroxyl groups excluding tert-OH is 1. The SMILES string of the molecule is COc1c(Cl)cc(Cl)cc1/C(O)=C1\C(=O)C(=O)N(c2ccc(F)cc2)C1c1ccccn1. The fourth-order valence-corrected chi connectivity index (χ4v) is 4.18. The number of ketones is 1. The minimum atomic E-state index is -1.08. The molecule has 1 saturated heterocycles. The number of halogens is 3. The molecule has 1 aliphatic rings. The van der Waals surface area contributed by atoms with Gasteiger partial charge in [-0.05, 0) is 48.5 Å². The van der Waals surface area contributed by atoms with Gasteiger partial charge in [0, 0.05) is 16.9 Å². The largest absolute Gasteiger partial charge is 0.507 e. The number of hydrogen-bond donors (Lipinski definition) is 1. The van der Waals surface area contributed by atoms with Crippen molar-refractivity contribution < 1.29 is 23.8 Å². The standard InChI is InChI=1S/C23H15Cl2FN2O4/c1-32-22-15(10-12(24)11-16(22)25)20(29)18-19(17-4-2-3-9-27-17)28(23(31)21(18)30)14-7-5-13(26)6-8-14/h2-11,19,29H,1H3/b20-18+. The fourth-order valence-electron chi connectivity index (χ4n) is 3.61. The number of hydrogen-bond acceptors (Lipinski definition) is 5. The molecule has 4 rings (SSSR count). The summed E-state index contributed by atoms with van der Waals surface area (Å²) in [5, 5.41) is 11.5. The predicted molar refractivity (Wildman–Crippen MR) is 118 cm³/mol. The smallest absolute Gasteiger partial charge is 0.300 e. The van der Waals surface area contributed by atoms with E-state index in [1.54, 1.807) is 18.2 Å². The Bertz CT molecular complexity index is 1250. The third kappa shape index (κ3) is 3.70. The molecule has 1 N–H and O–H groups in total. The van der Waals surface area contributed by atoms with Gasteiger partial charge in [0.15, 0.2) is 0 Å². The Morgan fingerprint density at radius 3 is 2.47 bits per heavy atom. The molecule has 32 heavy (non-hydrogen) atoms. The van der Waals surface area contributed by atoms with Gasteiger partial charge in [0.25, 0.3) is 11.7 Å². The summed E-state index contributed by atoms with van der Waals surface area (Å²) in [5.74, 6) is -2.79. The van der Waals surface area contributed by atoms with Gasteiger partial charge in [-0.25, -0.2) is 4.39 Å². The summed E-state index contributed by atoms with van der Waals surface area (Å²) in [4.78, 5) is 31.6. The summed E-state index contributed by atoms with van der Waals surface area (Å²) in [6, 6.07) is 11.8. The molecule has 0 radical (unpaired) electrons. The maximum Gasteiger partial charge on any atom is 0.300 e. The first-order valence-corrected chi connectivity index (χ1v) is 10.1. The minimum absolute atomic E-state index is 0.0445. The Morgan fingerprint density at radius 2 is 1.84 bits per heavy atom. The van der Waals surface area contributed by atoms with Crippen LogP contribution in [0.3, 0.4) is 0 Å². The Kier molecular flexibility index (Phi) is 5.86. The maximum atomic E-state index is 13.5. The van der Waals surface area contributed by atoms with Crippen LogP contribution in [0, 0.1) is 5.82 Å². The number of carbonyl (C=O) groups excluding carboxylic acids is 2. The average Bonchev–Trinajstić information content (AvgIpc) is 3.04. The second-order valence-electron chi connectivity index (χ2n) is 6.87. The molecule has 1 aromatic heterocycles. The van der Waals surface area contributed by atoms with E-state index in [4.69, 9.17) is 27.9 Å². The molecule has 0 spiro atoms. The lowest BCUT2D eigenvalue weighted by molar-refractivity contribution is -0.132. The van der Waals surface area contributed by atoms with Crippen LogP contribution in [0.25, 0.3) is 5.76 Å². The lowest BCUT2D eigenvalue weighted by Gasteiger charge is -2.24. The zero-order valence-corrected chi connectivity index (χ0v) is 18.1. The first kappa shape index (κ1) is 21.8. The number of ether oxygens (including phenoxy) is 1. The monoisotopic (exact) mass is 472 g/mol. The number of Topliss-reactive ketones (excluding diaryl/α,β-unsaturated/α-hetero) is 1. The van der Waals surface area contributed by atoms with Crippen LogP contribution >= 0.6 is 23.2 Å². The van der Waals surface area contributed by atoms with Crippen molar-refractivity contribution in [3.05, 3.63) is 93.5 Å². The van der Waals surface area contributed by atoms with Crippen LogP contribution in [0.5, 0.6) is 5.75 Å². The highest BCUT2D eigenvalue weighted by atomic mass is 35.5. The Morgan fingerprint density at radius 1 is 1.12 bits per heavy atom. The number of anilines is 1. The summed E-state index contributed by atoms with van der Waals surface area (Å²) in [6.07, 6.45) is 1.50. The summed E-state index contributed by atoms with van der Waals surface area (Å²) in [7, 11) is 1.35. The molecule has 2 aromatic carbocycles. The molecule has 1 aliphatic heterocycles. The molecule has 9 heteroatoms. The van der Waals surface area contributed by atoms with Crippen LogP contribution < -0.4 is 9.64 Å². The van der Waals surface area contributed by atoms with Crippen LogP contribution in [0.2, 0.25) is 10.0 Å². The third-order valence-electron chi connectivity index (χ3n) is 4.98. The van der Waals surface area contributed by atoms with Gasteiger partial charge >= 0.3 is 0 Å². The predicted octanol–water partition coefficient (Wildman–Crippen LogP) is 5.16. The second-order valence-corrected chi connectivity index (χ2v) is 7.71. The highest BCUT2D eigenvalue weighted by Gasteiger charge is 2.48. The molecule has 1 amide bonds. The topological polar surface area (TPSA) is 79.7 Å². The second kappa shape index (κ2) is 8.61. The van der Waals surface area contributed by atoms with Crippen LogP contribution in [-0.2, 0) is 9.59 Å². The molecule has 0 aliphatic carbocycles. The van der Waals surface area contributed by atoms with Crippen LogP contribution in [-0.4, -0.2) is 28.9 Å². The molecule has 2 heterocycles. The molecule has 3 aromatic rings. The number of nitrogens with zero attached hydrogens (tertiary/aromatic N) is 2. The molecular formula is C23H15Cl2FN2O4. The quantitative estimate of drug-likeness (QED) is 0.322. The fraction of sp³-hybridized carbons (Fsp3) is 0.0870. The lowest BCUT2D eigenvalue weighted by atomic mass is 9.97. The number of aliphatic hydroxyl groups is 1. The van der Waals surface area contributed by atoms with E-state index in [9.17, 15) is 19.1 Å². The number of carbonyl (C=O) groups is 2. The Balaban J connectivity index is 1.99. The number of amides is 1. The summed E-state index contributed by atoms with van der Waals surface area (Å²) in [6.45, 7) is 0. The van der Waals surface area contributed by atoms with Gasteiger partial charge < -0.3 is 9.84 Å². The van der Waals surface area contributed by atoms with E-state index in [-0.39, 0.29) is 32.6 Å². The van der Waals surface area contributed by atoms with Gasteiger partial charge in [-0.1, -0.05) is 29.3 Å². The first-order chi connectivity index (χ1) is 15.3. The summed E-state index contributed by atoms with van der Waals surface area (Å²) < 4.78 is 18.8. The van der Waals surface area contributed by atoms with E-state index in [2.05, 4.69) is 4.98 Å². The molecule has 1 fully saturated rings. The highest BCUT2D eigenvalue weighted by molar-refractivity contribution is 6.51. The van der Waals surface area contributed by atoms with Gasteiger partial charge in [0.2, 0.25) is 0 Å². The normalized spacial score (nSPS) is 17.6. The van der Waals surface area contributed by atoms with Crippen LogP contribution in [0.4, 0.5) is 10.1 Å². The molecule has 162 valence electrons. The minimum Gasteiger partial charge on any atom is -0.507 e. The van der Waals surface area contributed by atoms with E-state index in [0.717, 1.165) is 4.90 Å². The summed E-state index contributed by atoms with van der Waals surface area (Å²) in [5.41, 5.74) is 0.404. The first-order valence-electron chi connectivity index (χ1n) is 9.34. The van der Waals surface area contributed by atoms with E-state index < -0.39 is 29.3 Å². The van der Waals surface area contributed by atoms with Crippen molar-refractivity contribution in [1.82, 2.24) is 4.98 Å². The molecule has 1 atom stereocenters.